The highest BCUT2D eigenvalue weighted by atomic mass is 16.2. The van der Waals surface area contributed by atoms with Crippen molar-refractivity contribution < 1.29 is 4.79 Å². The first-order chi connectivity index (χ1) is 9.20. The molecular formula is C17H27NO. The summed E-state index contributed by atoms with van der Waals surface area (Å²) in [7, 11) is 0. The minimum absolute atomic E-state index is 0.0395. The normalized spacial score (nSPS) is 48.2. The summed E-state index contributed by atoms with van der Waals surface area (Å²) in [4.78, 5) is 12.9. The molecule has 6 aliphatic carbocycles. The maximum absolute atomic E-state index is 12.9. The smallest absolute Gasteiger partial charge is 0.226 e. The first kappa shape index (κ1) is 12.2. The summed E-state index contributed by atoms with van der Waals surface area (Å²) in [5, 5.41) is 3.57. The van der Waals surface area contributed by atoms with Gasteiger partial charge in [0.15, 0.2) is 0 Å². The summed E-state index contributed by atoms with van der Waals surface area (Å²) in [6, 6.07) is 0. The molecule has 2 nitrogen and oxygen atoms in total. The van der Waals surface area contributed by atoms with Gasteiger partial charge in [-0.2, -0.15) is 0 Å². The van der Waals surface area contributed by atoms with Gasteiger partial charge in [-0.3, -0.25) is 4.79 Å². The van der Waals surface area contributed by atoms with Crippen LogP contribution in [0.5, 0.6) is 0 Å². The van der Waals surface area contributed by atoms with E-state index in [1.807, 2.05) is 0 Å². The van der Waals surface area contributed by atoms with Gasteiger partial charge in [-0.25, -0.2) is 0 Å². The first-order valence-electron chi connectivity index (χ1n) is 8.52. The molecule has 0 aromatic heterocycles. The summed E-state index contributed by atoms with van der Waals surface area (Å²) in [5.74, 6) is 2.35. The van der Waals surface area contributed by atoms with Crippen molar-refractivity contribution in [2.75, 3.05) is 0 Å². The van der Waals surface area contributed by atoms with Crippen LogP contribution in [0.15, 0.2) is 0 Å². The molecule has 1 N–H and O–H groups in total. The van der Waals surface area contributed by atoms with Crippen LogP contribution in [0, 0.1) is 17.3 Å². The Morgan fingerprint density at radius 3 is 1.63 bits per heavy atom. The first-order valence-corrected chi connectivity index (χ1v) is 8.52. The van der Waals surface area contributed by atoms with E-state index in [1.165, 1.54) is 77.0 Å². The van der Waals surface area contributed by atoms with E-state index in [4.69, 9.17) is 0 Å². The Bertz CT molecular complexity index is 345. The fourth-order valence-electron chi connectivity index (χ4n) is 5.40. The Morgan fingerprint density at radius 2 is 1.16 bits per heavy atom. The molecule has 106 valence electrons. The third kappa shape index (κ3) is 1.94. The van der Waals surface area contributed by atoms with Gasteiger partial charge in [0.05, 0.1) is 0 Å². The lowest BCUT2D eigenvalue weighted by molar-refractivity contribution is -0.140. The van der Waals surface area contributed by atoms with E-state index < -0.39 is 0 Å². The van der Waals surface area contributed by atoms with Crippen LogP contribution in [0.4, 0.5) is 0 Å². The fourth-order valence-corrected chi connectivity index (χ4v) is 5.40. The van der Waals surface area contributed by atoms with Crippen LogP contribution in [0.2, 0.25) is 0 Å². The number of rotatable bonds is 2. The number of hydrogen-bond donors (Lipinski definition) is 1. The fraction of sp³-hybridized carbons (Fsp3) is 0.941. The molecule has 1 amide bonds. The van der Waals surface area contributed by atoms with Gasteiger partial charge in [-0.1, -0.05) is 0 Å². The largest absolute Gasteiger partial charge is 0.350 e. The highest BCUT2D eigenvalue weighted by molar-refractivity contribution is 5.83. The second kappa shape index (κ2) is 4.23. The van der Waals surface area contributed by atoms with Crippen LogP contribution in [0.25, 0.3) is 0 Å². The molecule has 6 saturated carbocycles. The summed E-state index contributed by atoms with van der Waals surface area (Å²) < 4.78 is 0. The molecular weight excluding hydrogens is 234 g/mol. The number of amides is 1. The monoisotopic (exact) mass is 261 g/mol. The standard InChI is InChI=1S/C17H27NO/c19-15(16-7-1-13(2-8-16)3-9-16)18-17-10-4-14(5-11-17)6-12-17/h13-14H,1-12H2,(H,18,19). The lowest BCUT2D eigenvalue weighted by Crippen LogP contribution is -2.58. The highest BCUT2D eigenvalue weighted by Crippen LogP contribution is 2.51. The Morgan fingerprint density at radius 1 is 0.737 bits per heavy atom. The van der Waals surface area contributed by atoms with Crippen LogP contribution in [0.3, 0.4) is 0 Å². The molecule has 0 atom stereocenters. The number of nitrogens with one attached hydrogen (secondary N) is 1. The van der Waals surface area contributed by atoms with Gasteiger partial charge >= 0.3 is 0 Å². The quantitative estimate of drug-likeness (QED) is 0.805. The van der Waals surface area contributed by atoms with Gasteiger partial charge in [0, 0.05) is 11.0 Å². The molecule has 6 rings (SSSR count). The van der Waals surface area contributed by atoms with E-state index >= 15 is 0 Å². The van der Waals surface area contributed by atoms with Crippen LogP contribution in [-0.2, 0) is 4.79 Å². The molecule has 0 aromatic carbocycles. The Balaban J connectivity index is 1.48. The second-order valence-corrected chi connectivity index (χ2v) is 7.98. The van der Waals surface area contributed by atoms with E-state index in [2.05, 4.69) is 5.32 Å². The van der Waals surface area contributed by atoms with Crippen LogP contribution < -0.4 is 5.32 Å². The third-order valence-electron chi connectivity index (χ3n) is 7.05. The molecule has 4 bridgehead atoms. The van der Waals surface area contributed by atoms with Crippen LogP contribution >= 0.6 is 0 Å². The van der Waals surface area contributed by atoms with Crippen molar-refractivity contribution in [2.45, 2.75) is 82.6 Å². The zero-order valence-electron chi connectivity index (χ0n) is 12.0. The zero-order chi connectivity index (χ0) is 12.9. The predicted octanol–water partition coefficient (Wildman–Crippen LogP) is 3.80. The van der Waals surface area contributed by atoms with Gasteiger partial charge in [0.2, 0.25) is 5.91 Å². The summed E-state index contributed by atoms with van der Waals surface area (Å²) >= 11 is 0. The van der Waals surface area contributed by atoms with E-state index in [1.54, 1.807) is 0 Å². The Labute approximate surface area is 116 Å². The van der Waals surface area contributed by atoms with E-state index in [-0.39, 0.29) is 11.0 Å². The average Bonchev–Trinajstić information content (AvgIpc) is 2.50. The zero-order valence-corrected chi connectivity index (χ0v) is 12.0. The lowest BCUT2D eigenvalue weighted by Gasteiger charge is -2.51. The van der Waals surface area contributed by atoms with Gasteiger partial charge in [-0.05, 0) is 88.9 Å². The van der Waals surface area contributed by atoms with Crippen molar-refractivity contribution in [1.82, 2.24) is 5.32 Å². The predicted molar refractivity (Wildman–Crippen MR) is 75.7 cm³/mol. The molecule has 0 aromatic rings. The third-order valence-corrected chi connectivity index (χ3v) is 7.05. The molecule has 0 unspecified atom stereocenters. The second-order valence-electron chi connectivity index (χ2n) is 7.98. The van der Waals surface area contributed by atoms with Gasteiger partial charge in [0.1, 0.15) is 0 Å². The number of hydrogen-bond acceptors (Lipinski definition) is 1. The van der Waals surface area contributed by atoms with Crippen molar-refractivity contribution in [3.05, 3.63) is 0 Å². The van der Waals surface area contributed by atoms with E-state index in [0.717, 1.165) is 11.8 Å². The minimum Gasteiger partial charge on any atom is -0.350 e. The maximum Gasteiger partial charge on any atom is 0.226 e. The number of carbonyl (C=O) groups excluding carboxylic acids is 1. The van der Waals surface area contributed by atoms with Crippen LogP contribution in [0.1, 0.15) is 77.0 Å². The van der Waals surface area contributed by atoms with Crippen molar-refractivity contribution in [3.63, 3.8) is 0 Å². The average molecular weight is 261 g/mol. The highest BCUT2D eigenvalue weighted by Gasteiger charge is 2.49. The molecule has 0 radical (unpaired) electrons. The molecule has 0 spiro atoms. The minimum atomic E-state index is 0.0395. The van der Waals surface area contributed by atoms with Crippen molar-refractivity contribution in [1.29, 1.82) is 0 Å². The summed E-state index contributed by atoms with van der Waals surface area (Å²) in [5.41, 5.74) is 0.243. The molecule has 2 heteroatoms. The Hall–Kier alpha value is -0.530. The topological polar surface area (TPSA) is 29.1 Å². The Kier molecular flexibility index (Phi) is 2.72. The van der Waals surface area contributed by atoms with E-state index in [9.17, 15) is 4.79 Å². The molecule has 19 heavy (non-hydrogen) atoms. The van der Waals surface area contributed by atoms with Gasteiger partial charge in [0.25, 0.3) is 0 Å². The van der Waals surface area contributed by atoms with E-state index in [0.29, 0.717) is 5.91 Å². The van der Waals surface area contributed by atoms with Gasteiger partial charge in [-0.15, -0.1) is 0 Å². The number of fused-ring (bicyclic) bond motifs is 6. The molecule has 6 aliphatic rings. The summed E-state index contributed by atoms with van der Waals surface area (Å²) in [6.07, 6.45) is 15.3. The van der Waals surface area contributed by atoms with Crippen LogP contribution in [-0.4, -0.2) is 11.4 Å². The van der Waals surface area contributed by atoms with Crippen molar-refractivity contribution in [2.24, 2.45) is 17.3 Å². The number of carbonyl (C=O) groups is 1. The van der Waals surface area contributed by atoms with Gasteiger partial charge < -0.3 is 5.32 Å². The SMILES string of the molecule is O=C(NC12CCC(CC1)CC2)C12CCC(CC1)CC2. The maximum atomic E-state index is 12.9. The molecule has 6 fully saturated rings. The lowest BCUT2D eigenvalue weighted by atomic mass is 9.59. The molecule has 0 saturated heterocycles. The molecule has 0 aliphatic heterocycles. The van der Waals surface area contributed by atoms with Crippen molar-refractivity contribution >= 4 is 5.91 Å². The van der Waals surface area contributed by atoms with Crippen molar-refractivity contribution in [3.8, 4) is 0 Å². The molecule has 0 heterocycles. The summed E-state index contributed by atoms with van der Waals surface area (Å²) in [6.45, 7) is 0.